The van der Waals surface area contributed by atoms with E-state index in [0.29, 0.717) is 30.5 Å². The minimum atomic E-state index is -0.152. The molecule has 1 aliphatic heterocycles. The number of rotatable bonds is 2. The van der Waals surface area contributed by atoms with Crippen LogP contribution in [0.1, 0.15) is 27.8 Å². The van der Waals surface area contributed by atoms with E-state index in [1.54, 1.807) is 4.90 Å². The van der Waals surface area contributed by atoms with Gasteiger partial charge in [-0.25, -0.2) is 0 Å². The van der Waals surface area contributed by atoms with Crippen LogP contribution in [-0.4, -0.2) is 30.5 Å². The molecule has 4 nitrogen and oxygen atoms in total. The number of morpholine rings is 1. The fourth-order valence-electron chi connectivity index (χ4n) is 3.18. The van der Waals surface area contributed by atoms with Gasteiger partial charge in [0.1, 0.15) is 11.7 Å². The average Bonchev–Trinajstić information content (AvgIpc) is 3.07. The molecule has 0 saturated carbocycles. The van der Waals surface area contributed by atoms with E-state index in [0.717, 1.165) is 22.1 Å². The van der Waals surface area contributed by atoms with Crippen molar-refractivity contribution in [3.63, 3.8) is 0 Å². The van der Waals surface area contributed by atoms with Crippen LogP contribution in [0.25, 0.3) is 11.0 Å². The van der Waals surface area contributed by atoms with Gasteiger partial charge in [0.05, 0.1) is 13.2 Å². The molecular formula is C20H18ClNO3. The molecule has 0 radical (unpaired) electrons. The summed E-state index contributed by atoms with van der Waals surface area (Å²) in [4.78, 5) is 14.7. The maximum absolute atomic E-state index is 12.9. The van der Waals surface area contributed by atoms with Crippen LogP contribution in [0.15, 0.2) is 52.9 Å². The first-order valence-electron chi connectivity index (χ1n) is 8.27. The van der Waals surface area contributed by atoms with Crippen molar-refractivity contribution in [1.82, 2.24) is 4.90 Å². The van der Waals surface area contributed by atoms with E-state index < -0.39 is 0 Å². The van der Waals surface area contributed by atoms with Gasteiger partial charge in [-0.3, -0.25) is 4.79 Å². The van der Waals surface area contributed by atoms with Crippen molar-refractivity contribution in [3.8, 4) is 0 Å². The Morgan fingerprint density at radius 3 is 2.76 bits per heavy atom. The number of ether oxygens (including phenoxy) is 1. The van der Waals surface area contributed by atoms with Crippen LogP contribution in [-0.2, 0) is 4.74 Å². The zero-order chi connectivity index (χ0) is 17.4. The molecule has 0 N–H and O–H groups in total. The third-order valence-corrected chi connectivity index (χ3v) is 4.80. The number of hydrogen-bond acceptors (Lipinski definition) is 3. The minimum absolute atomic E-state index is 0.0992. The monoisotopic (exact) mass is 355 g/mol. The summed E-state index contributed by atoms with van der Waals surface area (Å²) in [7, 11) is 0. The fourth-order valence-corrected chi connectivity index (χ4v) is 3.31. The number of hydrogen-bond donors (Lipinski definition) is 0. The molecule has 0 bridgehead atoms. The van der Waals surface area contributed by atoms with Crippen molar-refractivity contribution >= 4 is 28.5 Å². The first-order chi connectivity index (χ1) is 12.1. The smallest absolute Gasteiger partial charge is 0.289 e. The highest BCUT2D eigenvalue weighted by molar-refractivity contribution is 6.30. The molecule has 2 heterocycles. The largest absolute Gasteiger partial charge is 0.451 e. The number of aryl methyl sites for hydroxylation is 1. The van der Waals surface area contributed by atoms with Crippen LogP contribution in [0, 0.1) is 6.92 Å². The van der Waals surface area contributed by atoms with Crippen molar-refractivity contribution in [1.29, 1.82) is 0 Å². The summed E-state index contributed by atoms with van der Waals surface area (Å²) in [6.07, 6.45) is -0.152. The molecule has 0 spiro atoms. The van der Waals surface area contributed by atoms with Gasteiger partial charge in [0.2, 0.25) is 0 Å². The van der Waals surface area contributed by atoms with Gasteiger partial charge in [-0.2, -0.15) is 0 Å². The molecule has 1 aromatic heterocycles. The number of carbonyl (C=O) groups is 1. The Bertz CT molecular complexity index is 916. The molecule has 1 aliphatic rings. The van der Waals surface area contributed by atoms with Crippen molar-refractivity contribution < 1.29 is 13.9 Å². The quantitative estimate of drug-likeness (QED) is 0.674. The number of halogens is 1. The lowest BCUT2D eigenvalue weighted by Crippen LogP contribution is -2.42. The second-order valence-electron chi connectivity index (χ2n) is 6.27. The first kappa shape index (κ1) is 16.2. The van der Waals surface area contributed by atoms with Gasteiger partial charge in [-0.05, 0) is 36.2 Å². The predicted octanol–water partition coefficient (Wildman–Crippen LogP) is 4.61. The fraction of sp³-hybridized carbons (Fsp3) is 0.250. The molecule has 0 unspecified atom stereocenters. The van der Waals surface area contributed by atoms with Gasteiger partial charge in [0.25, 0.3) is 5.91 Å². The van der Waals surface area contributed by atoms with Gasteiger partial charge >= 0.3 is 0 Å². The Hall–Kier alpha value is -2.30. The number of para-hydroxylation sites is 1. The summed E-state index contributed by atoms with van der Waals surface area (Å²) < 4.78 is 11.7. The van der Waals surface area contributed by atoms with Crippen LogP contribution in [0.4, 0.5) is 0 Å². The Morgan fingerprint density at radius 1 is 1.20 bits per heavy atom. The molecular weight excluding hydrogens is 338 g/mol. The number of nitrogens with zero attached hydrogens (tertiary/aromatic N) is 1. The summed E-state index contributed by atoms with van der Waals surface area (Å²) in [5.41, 5.74) is 2.81. The Labute approximate surface area is 150 Å². The lowest BCUT2D eigenvalue weighted by atomic mass is 10.1. The second-order valence-corrected chi connectivity index (χ2v) is 6.70. The summed E-state index contributed by atoms with van der Waals surface area (Å²) >= 11 is 5.94. The molecule has 5 heteroatoms. The molecule has 1 saturated heterocycles. The highest BCUT2D eigenvalue weighted by Crippen LogP contribution is 2.27. The molecule has 1 amide bonds. The van der Waals surface area contributed by atoms with Gasteiger partial charge in [-0.1, -0.05) is 41.9 Å². The van der Waals surface area contributed by atoms with Crippen LogP contribution in [0.2, 0.25) is 5.02 Å². The molecule has 3 aromatic rings. The molecule has 4 rings (SSSR count). The summed E-state index contributed by atoms with van der Waals surface area (Å²) in [6, 6.07) is 15.3. The molecule has 0 aliphatic carbocycles. The van der Waals surface area contributed by atoms with E-state index in [9.17, 15) is 4.79 Å². The third kappa shape index (κ3) is 3.15. The normalized spacial score (nSPS) is 17.8. The van der Waals surface area contributed by atoms with E-state index in [2.05, 4.69) is 0 Å². The van der Waals surface area contributed by atoms with Crippen molar-refractivity contribution in [3.05, 3.63) is 70.4 Å². The SMILES string of the molecule is Cc1cccc2cc(C(=O)N3CCO[C@@H](c4ccc(Cl)cc4)C3)oc12. The van der Waals surface area contributed by atoms with E-state index in [4.69, 9.17) is 20.8 Å². The highest BCUT2D eigenvalue weighted by atomic mass is 35.5. The van der Waals surface area contributed by atoms with Gasteiger partial charge in [-0.15, -0.1) is 0 Å². The topological polar surface area (TPSA) is 42.7 Å². The van der Waals surface area contributed by atoms with Gasteiger partial charge < -0.3 is 14.1 Å². The molecule has 1 fully saturated rings. The lowest BCUT2D eigenvalue weighted by molar-refractivity contribution is -0.0237. The number of fused-ring (bicyclic) bond motifs is 1. The van der Waals surface area contributed by atoms with Crippen molar-refractivity contribution in [2.75, 3.05) is 19.7 Å². The van der Waals surface area contributed by atoms with E-state index in [1.807, 2.05) is 55.5 Å². The molecule has 1 atom stereocenters. The van der Waals surface area contributed by atoms with E-state index in [1.165, 1.54) is 0 Å². The Balaban J connectivity index is 1.56. The number of benzene rings is 2. The number of furan rings is 1. The average molecular weight is 356 g/mol. The van der Waals surface area contributed by atoms with Crippen LogP contribution in [0.3, 0.4) is 0 Å². The molecule has 2 aromatic carbocycles. The lowest BCUT2D eigenvalue weighted by Gasteiger charge is -2.32. The zero-order valence-corrected chi connectivity index (χ0v) is 14.6. The predicted molar refractivity (Wildman–Crippen MR) is 97.0 cm³/mol. The standard InChI is InChI=1S/C20H18ClNO3/c1-13-3-2-4-15-11-17(25-19(13)15)20(23)22-9-10-24-18(12-22)14-5-7-16(21)8-6-14/h2-8,11,18H,9-10,12H2,1H3/t18-/m1/s1. The summed E-state index contributed by atoms with van der Waals surface area (Å²) in [5, 5.41) is 1.64. The molecule has 25 heavy (non-hydrogen) atoms. The Kier molecular flexibility index (Phi) is 4.24. The minimum Gasteiger partial charge on any atom is -0.451 e. The van der Waals surface area contributed by atoms with Crippen LogP contribution >= 0.6 is 11.6 Å². The number of amides is 1. The first-order valence-corrected chi connectivity index (χ1v) is 8.65. The van der Waals surface area contributed by atoms with Crippen molar-refractivity contribution in [2.45, 2.75) is 13.0 Å². The van der Waals surface area contributed by atoms with E-state index in [-0.39, 0.29) is 12.0 Å². The summed E-state index contributed by atoms with van der Waals surface area (Å²) in [6.45, 7) is 3.53. The van der Waals surface area contributed by atoms with Gasteiger partial charge in [0.15, 0.2) is 5.76 Å². The maximum Gasteiger partial charge on any atom is 0.289 e. The maximum atomic E-state index is 12.9. The summed E-state index contributed by atoms with van der Waals surface area (Å²) in [5.74, 6) is 0.277. The van der Waals surface area contributed by atoms with Crippen LogP contribution < -0.4 is 0 Å². The number of carbonyl (C=O) groups excluding carboxylic acids is 1. The molecule has 128 valence electrons. The highest BCUT2D eigenvalue weighted by Gasteiger charge is 2.28. The van der Waals surface area contributed by atoms with Crippen molar-refractivity contribution in [2.24, 2.45) is 0 Å². The third-order valence-electron chi connectivity index (χ3n) is 4.55. The Morgan fingerprint density at radius 2 is 2.00 bits per heavy atom. The van der Waals surface area contributed by atoms with E-state index >= 15 is 0 Å². The van der Waals surface area contributed by atoms with Gasteiger partial charge in [0, 0.05) is 17.0 Å². The van der Waals surface area contributed by atoms with Crippen LogP contribution in [0.5, 0.6) is 0 Å². The zero-order valence-electron chi connectivity index (χ0n) is 13.9. The second kappa shape index (κ2) is 6.54.